The average Bonchev–Trinajstić information content (AvgIpc) is 2.82. The zero-order valence-electron chi connectivity index (χ0n) is 9.67. The number of rotatable bonds is 2. The molecule has 0 fully saturated rings. The third-order valence-corrected chi connectivity index (χ3v) is 4.38. The lowest BCUT2D eigenvalue weighted by atomic mass is 10.0. The molecule has 3 nitrogen and oxygen atoms in total. The van der Waals surface area contributed by atoms with E-state index in [-0.39, 0.29) is 10.6 Å². The van der Waals surface area contributed by atoms with Crippen LogP contribution in [0.2, 0.25) is 0 Å². The van der Waals surface area contributed by atoms with Gasteiger partial charge < -0.3 is 0 Å². The Balaban J connectivity index is 2.30. The molecule has 0 atom stereocenters. The first-order valence-corrected chi connectivity index (χ1v) is 7.24. The molecule has 0 aliphatic heterocycles. The van der Waals surface area contributed by atoms with E-state index in [4.69, 9.17) is 0 Å². The lowest BCUT2D eigenvalue weighted by molar-refractivity contribution is -0.384. The number of thiophene rings is 1. The Hall–Kier alpha value is -1.72. The minimum Gasteiger partial charge on any atom is -0.258 e. The Morgan fingerprint density at radius 3 is 2.68 bits per heavy atom. The number of nitro groups is 1. The summed E-state index contributed by atoms with van der Waals surface area (Å²) < 4.78 is 1.84. The summed E-state index contributed by atoms with van der Waals surface area (Å²) >= 11 is 4.87. The molecule has 0 bridgehead atoms. The third-order valence-electron chi connectivity index (χ3n) is 2.93. The van der Waals surface area contributed by atoms with Gasteiger partial charge >= 0.3 is 0 Å². The molecule has 0 unspecified atom stereocenters. The molecule has 1 heterocycles. The summed E-state index contributed by atoms with van der Waals surface area (Å²) in [5.41, 5.74) is 1.70. The second kappa shape index (κ2) is 4.75. The Kier molecular flexibility index (Phi) is 3.08. The van der Waals surface area contributed by atoms with Gasteiger partial charge in [0.25, 0.3) is 5.69 Å². The van der Waals surface area contributed by atoms with Crippen LogP contribution in [0.5, 0.6) is 0 Å². The van der Waals surface area contributed by atoms with E-state index >= 15 is 0 Å². The van der Waals surface area contributed by atoms with Gasteiger partial charge in [-0.3, -0.25) is 10.1 Å². The quantitative estimate of drug-likeness (QED) is 0.475. The number of nitrogens with zero attached hydrogens (tertiary/aromatic N) is 1. The fourth-order valence-corrected chi connectivity index (χ4v) is 3.38. The van der Waals surface area contributed by atoms with Gasteiger partial charge in [0.15, 0.2) is 0 Å². The van der Waals surface area contributed by atoms with Crippen LogP contribution < -0.4 is 0 Å². The average molecular weight is 334 g/mol. The van der Waals surface area contributed by atoms with Crippen molar-refractivity contribution in [2.75, 3.05) is 0 Å². The second-order valence-electron chi connectivity index (χ2n) is 4.06. The fourth-order valence-electron chi connectivity index (χ4n) is 2.07. The van der Waals surface area contributed by atoms with Crippen LogP contribution in [0.4, 0.5) is 5.69 Å². The van der Waals surface area contributed by atoms with E-state index < -0.39 is 0 Å². The molecule has 19 heavy (non-hydrogen) atoms. The van der Waals surface area contributed by atoms with Gasteiger partial charge in [-0.15, -0.1) is 11.3 Å². The van der Waals surface area contributed by atoms with Crippen molar-refractivity contribution in [3.8, 4) is 11.1 Å². The van der Waals surface area contributed by atoms with Crippen LogP contribution in [0.1, 0.15) is 0 Å². The maximum Gasteiger partial charge on any atom is 0.278 e. The molecular formula is C14H8BrNO2S. The summed E-state index contributed by atoms with van der Waals surface area (Å²) in [6, 6.07) is 13.1. The van der Waals surface area contributed by atoms with Crippen molar-refractivity contribution >= 4 is 43.0 Å². The molecular weight excluding hydrogens is 326 g/mol. The van der Waals surface area contributed by atoms with Gasteiger partial charge in [-0.25, -0.2) is 0 Å². The van der Waals surface area contributed by atoms with Gasteiger partial charge in [0.1, 0.15) is 0 Å². The topological polar surface area (TPSA) is 43.1 Å². The van der Waals surface area contributed by atoms with Gasteiger partial charge in [-0.2, -0.15) is 0 Å². The van der Waals surface area contributed by atoms with Crippen molar-refractivity contribution in [3.05, 3.63) is 62.4 Å². The molecule has 0 radical (unpaired) electrons. The zero-order chi connectivity index (χ0) is 13.4. The minimum absolute atomic E-state index is 0.123. The first kappa shape index (κ1) is 12.3. The molecule has 3 rings (SSSR count). The Labute approximate surface area is 121 Å². The summed E-state index contributed by atoms with van der Waals surface area (Å²) in [6.07, 6.45) is 0. The molecule has 0 aliphatic rings. The van der Waals surface area contributed by atoms with Gasteiger partial charge in [0.05, 0.1) is 10.5 Å². The van der Waals surface area contributed by atoms with E-state index in [0.29, 0.717) is 10.0 Å². The fraction of sp³-hybridized carbons (Fsp3) is 0. The standard InChI is InChI=1S/C14H8BrNO2S/c15-9-5-6-10(13(7-9)16(17)18)12-8-19-14-4-2-1-3-11(12)14/h1-8H. The van der Waals surface area contributed by atoms with Crippen molar-refractivity contribution in [1.29, 1.82) is 0 Å². The van der Waals surface area contributed by atoms with E-state index in [0.717, 1.165) is 15.6 Å². The lowest BCUT2D eigenvalue weighted by Gasteiger charge is -2.02. The smallest absolute Gasteiger partial charge is 0.258 e. The van der Waals surface area contributed by atoms with E-state index in [2.05, 4.69) is 15.9 Å². The van der Waals surface area contributed by atoms with Crippen LogP contribution in [0, 0.1) is 10.1 Å². The summed E-state index contributed by atoms with van der Waals surface area (Å²) in [5, 5.41) is 14.2. The highest BCUT2D eigenvalue weighted by molar-refractivity contribution is 9.10. The molecule has 0 saturated carbocycles. The molecule has 1 aromatic heterocycles. The Bertz CT molecular complexity index is 782. The van der Waals surface area contributed by atoms with Crippen LogP contribution >= 0.6 is 27.3 Å². The largest absolute Gasteiger partial charge is 0.278 e. The van der Waals surface area contributed by atoms with Gasteiger partial charge in [-0.05, 0) is 18.2 Å². The maximum absolute atomic E-state index is 11.2. The molecule has 5 heteroatoms. The Morgan fingerprint density at radius 1 is 1.11 bits per heavy atom. The molecule has 0 saturated heterocycles. The first-order chi connectivity index (χ1) is 9.16. The normalized spacial score (nSPS) is 10.8. The molecule has 3 aromatic rings. The highest BCUT2D eigenvalue weighted by Gasteiger charge is 2.18. The predicted octanol–water partition coefficient (Wildman–Crippen LogP) is 5.24. The highest BCUT2D eigenvalue weighted by atomic mass is 79.9. The zero-order valence-corrected chi connectivity index (χ0v) is 12.1. The molecule has 0 amide bonds. The number of nitro benzene ring substituents is 1. The third kappa shape index (κ3) is 2.15. The summed E-state index contributed by atoms with van der Waals surface area (Å²) in [5.74, 6) is 0. The van der Waals surface area contributed by atoms with E-state index in [1.807, 2.05) is 35.7 Å². The lowest BCUT2D eigenvalue weighted by Crippen LogP contribution is -1.91. The van der Waals surface area contributed by atoms with Crippen molar-refractivity contribution in [2.24, 2.45) is 0 Å². The summed E-state index contributed by atoms with van der Waals surface area (Å²) in [6.45, 7) is 0. The van der Waals surface area contributed by atoms with Gasteiger partial charge in [-0.1, -0.05) is 34.1 Å². The van der Waals surface area contributed by atoms with Gasteiger partial charge in [0, 0.05) is 31.6 Å². The van der Waals surface area contributed by atoms with Crippen LogP contribution in [-0.4, -0.2) is 4.92 Å². The van der Waals surface area contributed by atoms with E-state index in [1.165, 1.54) is 0 Å². The van der Waals surface area contributed by atoms with Crippen molar-refractivity contribution in [1.82, 2.24) is 0 Å². The minimum atomic E-state index is -0.341. The van der Waals surface area contributed by atoms with E-state index in [1.54, 1.807) is 23.5 Å². The van der Waals surface area contributed by atoms with Crippen molar-refractivity contribution in [3.63, 3.8) is 0 Å². The van der Waals surface area contributed by atoms with E-state index in [9.17, 15) is 10.1 Å². The number of benzene rings is 2. The van der Waals surface area contributed by atoms with Gasteiger partial charge in [0.2, 0.25) is 0 Å². The monoisotopic (exact) mass is 333 g/mol. The highest BCUT2D eigenvalue weighted by Crippen LogP contribution is 2.39. The maximum atomic E-state index is 11.2. The SMILES string of the molecule is O=[N+]([O-])c1cc(Br)ccc1-c1csc2ccccc12. The summed E-state index contributed by atoms with van der Waals surface area (Å²) in [4.78, 5) is 10.9. The number of hydrogen-bond acceptors (Lipinski definition) is 3. The van der Waals surface area contributed by atoms with Crippen molar-refractivity contribution < 1.29 is 4.92 Å². The molecule has 0 aliphatic carbocycles. The first-order valence-electron chi connectivity index (χ1n) is 5.57. The number of halogens is 1. The summed E-state index contributed by atoms with van der Waals surface area (Å²) in [7, 11) is 0. The van der Waals surface area contributed by atoms with Crippen LogP contribution in [0.15, 0.2) is 52.3 Å². The molecule has 94 valence electrons. The van der Waals surface area contributed by atoms with Crippen molar-refractivity contribution in [2.45, 2.75) is 0 Å². The van der Waals surface area contributed by atoms with Crippen LogP contribution in [0.3, 0.4) is 0 Å². The molecule has 0 N–H and O–H groups in total. The predicted molar refractivity (Wildman–Crippen MR) is 81.6 cm³/mol. The number of fused-ring (bicyclic) bond motifs is 1. The van der Waals surface area contributed by atoms with Crippen LogP contribution in [-0.2, 0) is 0 Å². The Morgan fingerprint density at radius 2 is 1.89 bits per heavy atom. The molecule has 2 aromatic carbocycles. The molecule has 0 spiro atoms. The number of hydrogen-bond donors (Lipinski definition) is 0. The van der Waals surface area contributed by atoms with Crippen LogP contribution in [0.25, 0.3) is 21.2 Å². The second-order valence-corrected chi connectivity index (χ2v) is 5.89.